The molecule has 2 aromatic carbocycles. The van der Waals surface area contributed by atoms with Crippen LogP contribution in [0.1, 0.15) is 33.5 Å². The number of benzene rings is 2. The summed E-state index contributed by atoms with van der Waals surface area (Å²) in [4.78, 5) is 12.2. The third-order valence-corrected chi connectivity index (χ3v) is 3.57. The monoisotopic (exact) mass is 286 g/mol. The highest BCUT2D eigenvalue weighted by molar-refractivity contribution is 6.01. The van der Waals surface area contributed by atoms with E-state index in [1.807, 2.05) is 30.3 Å². The summed E-state index contributed by atoms with van der Waals surface area (Å²) >= 11 is 0. The van der Waals surface area contributed by atoms with Gasteiger partial charge in [-0.2, -0.15) is 0 Å². The predicted molar refractivity (Wildman–Crippen MR) is 79.5 cm³/mol. The van der Waals surface area contributed by atoms with Crippen LogP contribution in [0, 0.1) is 6.92 Å². The molecule has 4 nitrogen and oxygen atoms in total. The first kappa shape index (κ1) is 15.1. The van der Waals surface area contributed by atoms with E-state index < -0.39 is 0 Å². The molecule has 3 N–H and O–H groups in total. The minimum Gasteiger partial charge on any atom is -0.507 e. The van der Waals surface area contributed by atoms with Crippen LogP contribution in [0.15, 0.2) is 36.4 Å². The van der Waals surface area contributed by atoms with Crippen LogP contribution in [0.4, 0.5) is 0 Å². The summed E-state index contributed by atoms with van der Waals surface area (Å²) in [6, 6.07) is 10.9. The smallest absolute Gasteiger partial charge is 0.170 e. The number of carbonyl (C=O) groups is 1. The molecule has 0 radical (unpaired) electrons. The fourth-order valence-electron chi connectivity index (χ4n) is 2.27. The van der Waals surface area contributed by atoms with Crippen LogP contribution in [-0.4, -0.2) is 21.1 Å². The van der Waals surface area contributed by atoms with Crippen molar-refractivity contribution in [3.05, 3.63) is 58.7 Å². The number of phenolic OH excluding ortho intramolecular Hbond substituents is 2. The van der Waals surface area contributed by atoms with E-state index in [0.29, 0.717) is 17.5 Å². The van der Waals surface area contributed by atoms with Gasteiger partial charge >= 0.3 is 0 Å². The molecule has 0 aromatic heterocycles. The van der Waals surface area contributed by atoms with Crippen LogP contribution < -0.4 is 0 Å². The summed E-state index contributed by atoms with van der Waals surface area (Å²) in [6.45, 7) is 1.31. The van der Waals surface area contributed by atoms with Gasteiger partial charge in [0.05, 0.1) is 6.61 Å². The van der Waals surface area contributed by atoms with Crippen molar-refractivity contribution in [1.29, 1.82) is 0 Å². The first-order valence-corrected chi connectivity index (χ1v) is 6.77. The maximum atomic E-state index is 12.2. The molecule has 4 heteroatoms. The van der Waals surface area contributed by atoms with Crippen LogP contribution >= 0.6 is 0 Å². The molecule has 0 fully saturated rings. The molecule has 0 bridgehead atoms. The van der Waals surface area contributed by atoms with Crippen molar-refractivity contribution in [3.63, 3.8) is 0 Å². The summed E-state index contributed by atoms with van der Waals surface area (Å²) in [5, 5.41) is 29.1. The molecular weight excluding hydrogens is 268 g/mol. The topological polar surface area (TPSA) is 77.8 Å². The quantitative estimate of drug-likeness (QED) is 0.738. The third-order valence-electron chi connectivity index (χ3n) is 3.57. The lowest BCUT2D eigenvalue weighted by Crippen LogP contribution is -2.04. The lowest BCUT2D eigenvalue weighted by Gasteiger charge is -2.12. The van der Waals surface area contributed by atoms with Crippen LogP contribution in [0.25, 0.3) is 0 Å². The first-order valence-electron chi connectivity index (χ1n) is 6.77. The maximum Gasteiger partial charge on any atom is 0.170 e. The standard InChI is InChI=1S/C17H18O4/c1-11-13(10-18)9-15(20)16(17(11)21)14(19)8-7-12-5-3-2-4-6-12/h2-6,9,18,20-21H,7-8,10H2,1H3. The lowest BCUT2D eigenvalue weighted by atomic mass is 9.96. The fourth-order valence-corrected chi connectivity index (χ4v) is 2.27. The number of Topliss-reactive ketones (excluding diaryl/α,β-unsaturated/α-hetero) is 1. The van der Waals surface area contributed by atoms with Gasteiger partial charge in [0.2, 0.25) is 0 Å². The number of phenols is 2. The molecule has 21 heavy (non-hydrogen) atoms. The second-order valence-electron chi connectivity index (χ2n) is 4.97. The average molecular weight is 286 g/mol. The second kappa shape index (κ2) is 6.41. The van der Waals surface area contributed by atoms with Gasteiger partial charge in [0, 0.05) is 6.42 Å². The summed E-state index contributed by atoms with van der Waals surface area (Å²) in [5.74, 6) is -0.862. The number of aromatic hydroxyl groups is 2. The Kier molecular flexibility index (Phi) is 4.60. The van der Waals surface area contributed by atoms with E-state index in [4.69, 9.17) is 5.11 Å². The van der Waals surface area contributed by atoms with Gasteiger partial charge < -0.3 is 15.3 Å². The van der Waals surface area contributed by atoms with E-state index in [1.165, 1.54) is 6.07 Å². The van der Waals surface area contributed by atoms with Crippen molar-refractivity contribution >= 4 is 5.78 Å². The van der Waals surface area contributed by atoms with E-state index >= 15 is 0 Å². The zero-order valence-electron chi connectivity index (χ0n) is 11.8. The first-order chi connectivity index (χ1) is 10.0. The van der Waals surface area contributed by atoms with Gasteiger partial charge in [0.15, 0.2) is 5.78 Å². The zero-order chi connectivity index (χ0) is 15.4. The maximum absolute atomic E-state index is 12.2. The van der Waals surface area contributed by atoms with Crippen LogP contribution in [0.2, 0.25) is 0 Å². The number of aliphatic hydroxyl groups excluding tert-OH is 1. The Morgan fingerprint density at radius 1 is 1.14 bits per heavy atom. The van der Waals surface area contributed by atoms with Crippen molar-refractivity contribution in [1.82, 2.24) is 0 Å². The van der Waals surface area contributed by atoms with Crippen LogP contribution in [0.3, 0.4) is 0 Å². The molecular formula is C17H18O4. The minimum atomic E-state index is -0.318. The lowest BCUT2D eigenvalue weighted by molar-refractivity contribution is 0.0977. The molecule has 0 saturated heterocycles. The Morgan fingerprint density at radius 2 is 1.81 bits per heavy atom. The van der Waals surface area contributed by atoms with Gasteiger partial charge in [-0.1, -0.05) is 30.3 Å². The second-order valence-corrected chi connectivity index (χ2v) is 4.97. The molecule has 0 aliphatic heterocycles. The van der Waals surface area contributed by atoms with Gasteiger partial charge in [-0.05, 0) is 36.1 Å². The van der Waals surface area contributed by atoms with Crippen molar-refractivity contribution < 1.29 is 20.1 Å². The van der Waals surface area contributed by atoms with Gasteiger partial charge in [0.1, 0.15) is 17.1 Å². The predicted octanol–water partition coefficient (Wildman–Crippen LogP) is 2.71. The van der Waals surface area contributed by atoms with Gasteiger partial charge in [-0.15, -0.1) is 0 Å². The molecule has 0 unspecified atom stereocenters. The van der Waals surface area contributed by atoms with Crippen molar-refractivity contribution in [2.45, 2.75) is 26.4 Å². The molecule has 2 rings (SSSR count). The van der Waals surface area contributed by atoms with E-state index in [-0.39, 0.29) is 35.9 Å². The summed E-state index contributed by atoms with van der Waals surface area (Å²) in [5.41, 5.74) is 1.78. The molecule has 0 atom stereocenters. The summed E-state index contributed by atoms with van der Waals surface area (Å²) in [6.07, 6.45) is 0.738. The number of aliphatic hydroxyl groups is 1. The number of ketones is 1. The minimum absolute atomic E-state index is 0.0689. The highest BCUT2D eigenvalue weighted by Crippen LogP contribution is 2.34. The fraction of sp³-hybridized carbons (Fsp3) is 0.235. The number of hydrogen-bond acceptors (Lipinski definition) is 4. The highest BCUT2D eigenvalue weighted by Gasteiger charge is 2.20. The molecule has 0 aliphatic rings. The Labute approximate surface area is 123 Å². The Hall–Kier alpha value is -2.33. The molecule has 0 saturated carbocycles. The molecule has 0 heterocycles. The number of carbonyl (C=O) groups excluding carboxylic acids is 1. The molecule has 110 valence electrons. The van der Waals surface area contributed by atoms with Crippen molar-refractivity contribution in [3.8, 4) is 11.5 Å². The van der Waals surface area contributed by atoms with Crippen molar-refractivity contribution in [2.75, 3.05) is 0 Å². The average Bonchev–Trinajstić information content (AvgIpc) is 2.50. The highest BCUT2D eigenvalue weighted by atomic mass is 16.3. The summed E-state index contributed by atoms with van der Waals surface area (Å²) < 4.78 is 0. The Morgan fingerprint density at radius 3 is 2.43 bits per heavy atom. The van der Waals surface area contributed by atoms with E-state index in [2.05, 4.69) is 0 Å². The molecule has 0 aliphatic carbocycles. The SMILES string of the molecule is Cc1c(CO)cc(O)c(C(=O)CCc2ccccc2)c1O. The van der Waals surface area contributed by atoms with E-state index in [1.54, 1.807) is 6.92 Å². The molecule has 0 spiro atoms. The van der Waals surface area contributed by atoms with Gasteiger partial charge in [0.25, 0.3) is 0 Å². The van der Waals surface area contributed by atoms with Gasteiger partial charge in [-0.3, -0.25) is 4.79 Å². The van der Waals surface area contributed by atoms with Crippen LogP contribution in [0.5, 0.6) is 11.5 Å². The Bertz CT molecular complexity index is 648. The summed E-state index contributed by atoms with van der Waals surface area (Å²) in [7, 11) is 0. The van der Waals surface area contributed by atoms with Gasteiger partial charge in [-0.25, -0.2) is 0 Å². The zero-order valence-corrected chi connectivity index (χ0v) is 11.8. The number of rotatable bonds is 5. The molecule has 0 amide bonds. The van der Waals surface area contributed by atoms with Crippen LogP contribution in [-0.2, 0) is 13.0 Å². The molecule has 2 aromatic rings. The van der Waals surface area contributed by atoms with E-state index in [9.17, 15) is 15.0 Å². The van der Waals surface area contributed by atoms with E-state index in [0.717, 1.165) is 5.56 Å². The normalized spacial score (nSPS) is 10.6. The number of hydrogen-bond donors (Lipinski definition) is 3. The Balaban J connectivity index is 2.22. The van der Waals surface area contributed by atoms with Crippen molar-refractivity contribution in [2.24, 2.45) is 0 Å². The number of aryl methyl sites for hydroxylation is 1. The third kappa shape index (κ3) is 3.23. The largest absolute Gasteiger partial charge is 0.507 e.